The quantitative estimate of drug-likeness (QED) is 0.464. The van der Waals surface area contributed by atoms with E-state index in [1.807, 2.05) is 0 Å². The minimum Gasteiger partial charge on any atom is -0.502 e. The molecule has 0 fully saturated rings. The first kappa shape index (κ1) is 17.5. The summed E-state index contributed by atoms with van der Waals surface area (Å²) in [7, 11) is 0. The number of non-ortho nitro benzene ring substituents is 1. The largest absolute Gasteiger partial charge is 0.502 e. The summed E-state index contributed by atoms with van der Waals surface area (Å²) < 4.78 is 0. The second-order valence-electron chi connectivity index (χ2n) is 4.87. The average molecular weight is 344 g/mol. The van der Waals surface area contributed by atoms with Gasteiger partial charge in [0.1, 0.15) is 0 Å². The number of nitrogens with one attached hydrogen (secondary N) is 1. The number of phenolic OH excluding ortho intramolecular Hbond substituents is 1. The zero-order chi connectivity index (χ0) is 18.4. The zero-order valence-corrected chi connectivity index (χ0v) is 12.7. The van der Waals surface area contributed by atoms with Gasteiger partial charge in [0.25, 0.3) is 5.69 Å². The molecule has 2 N–H and O–H groups in total. The Hall–Kier alpha value is -3.82. The van der Waals surface area contributed by atoms with Crippen LogP contribution in [0.15, 0.2) is 47.6 Å². The van der Waals surface area contributed by atoms with Crippen molar-refractivity contribution in [1.82, 2.24) is 5.43 Å². The summed E-state index contributed by atoms with van der Waals surface area (Å²) >= 11 is 0. The molecule has 0 bridgehead atoms. The van der Waals surface area contributed by atoms with Crippen molar-refractivity contribution >= 4 is 23.5 Å². The van der Waals surface area contributed by atoms with E-state index in [1.165, 1.54) is 0 Å². The lowest BCUT2D eigenvalue weighted by atomic mass is 10.1. The van der Waals surface area contributed by atoms with Crippen molar-refractivity contribution in [2.45, 2.75) is 6.42 Å². The van der Waals surface area contributed by atoms with E-state index in [0.717, 1.165) is 17.8 Å². The van der Waals surface area contributed by atoms with Gasteiger partial charge in [0.05, 0.1) is 34.1 Å². The van der Waals surface area contributed by atoms with E-state index < -0.39 is 32.9 Å². The molecule has 25 heavy (non-hydrogen) atoms. The minimum absolute atomic E-state index is 0.0548. The fourth-order valence-electron chi connectivity index (χ4n) is 1.96. The third-order valence-corrected chi connectivity index (χ3v) is 3.11. The highest BCUT2D eigenvalue weighted by Gasteiger charge is 2.23. The van der Waals surface area contributed by atoms with E-state index in [4.69, 9.17) is 0 Å². The van der Waals surface area contributed by atoms with Crippen molar-refractivity contribution in [1.29, 1.82) is 0 Å². The lowest BCUT2D eigenvalue weighted by Gasteiger charge is -2.02. The molecule has 128 valence electrons. The van der Waals surface area contributed by atoms with Gasteiger partial charge in [0.2, 0.25) is 11.7 Å². The van der Waals surface area contributed by atoms with Gasteiger partial charge < -0.3 is 5.11 Å². The number of hydrogen-bond acceptors (Lipinski definition) is 7. The number of benzene rings is 2. The van der Waals surface area contributed by atoms with E-state index in [0.29, 0.717) is 6.07 Å². The molecular formula is C15H12N4O6. The first-order valence-corrected chi connectivity index (χ1v) is 6.90. The van der Waals surface area contributed by atoms with Crippen molar-refractivity contribution in [3.8, 4) is 5.75 Å². The number of hydrazone groups is 1. The van der Waals surface area contributed by atoms with Crippen LogP contribution in [-0.2, 0) is 11.2 Å². The van der Waals surface area contributed by atoms with Crippen LogP contribution < -0.4 is 5.43 Å². The molecule has 0 radical (unpaired) electrons. The number of nitrogens with zero attached hydrogens (tertiary/aromatic N) is 3. The Morgan fingerprint density at radius 2 is 1.84 bits per heavy atom. The molecule has 0 aliphatic rings. The molecule has 0 heterocycles. The standard InChI is InChI=1S/C15H12N4O6/c20-14(6-10-4-2-1-3-5-10)17-16-9-11-7-12(18(22)23)8-13(15(11)21)19(24)25/h1-5,7-9,21H,6H2,(H,17,20). The van der Waals surface area contributed by atoms with E-state index in [-0.39, 0.29) is 12.0 Å². The molecule has 0 aliphatic heterocycles. The molecular weight excluding hydrogens is 332 g/mol. The number of amides is 1. The van der Waals surface area contributed by atoms with Crippen LogP contribution in [0.1, 0.15) is 11.1 Å². The van der Waals surface area contributed by atoms with Crippen molar-refractivity contribution in [3.05, 3.63) is 73.8 Å². The Balaban J connectivity index is 2.15. The number of phenols is 1. The van der Waals surface area contributed by atoms with E-state index in [2.05, 4.69) is 10.5 Å². The van der Waals surface area contributed by atoms with Crippen molar-refractivity contribution < 1.29 is 19.7 Å². The van der Waals surface area contributed by atoms with Crippen LogP contribution in [0.2, 0.25) is 0 Å². The van der Waals surface area contributed by atoms with Crippen molar-refractivity contribution in [3.63, 3.8) is 0 Å². The highest BCUT2D eigenvalue weighted by molar-refractivity contribution is 5.88. The summed E-state index contributed by atoms with van der Waals surface area (Å²) in [6, 6.07) is 10.4. The second kappa shape index (κ2) is 7.64. The molecule has 0 unspecified atom stereocenters. The van der Waals surface area contributed by atoms with Gasteiger partial charge in [-0.1, -0.05) is 30.3 Å². The Kier molecular flexibility index (Phi) is 5.36. The molecule has 0 saturated heterocycles. The number of carbonyl (C=O) groups is 1. The first-order valence-electron chi connectivity index (χ1n) is 6.90. The fraction of sp³-hybridized carbons (Fsp3) is 0.0667. The third-order valence-electron chi connectivity index (χ3n) is 3.11. The summed E-state index contributed by atoms with van der Waals surface area (Å²) in [5.41, 5.74) is 1.27. The van der Waals surface area contributed by atoms with Crippen LogP contribution in [-0.4, -0.2) is 27.1 Å². The van der Waals surface area contributed by atoms with Crippen LogP contribution in [0.4, 0.5) is 11.4 Å². The number of carbonyl (C=O) groups excluding carboxylic acids is 1. The van der Waals surface area contributed by atoms with E-state index >= 15 is 0 Å². The van der Waals surface area contributed by atoms with Gasteiger partial charge in [0, 0.05) is 6.07 Å². The molecule has 10 heteroatoms. The Bertz CT molecular complexity index is 851. The maximum absolute atomic E-state index is 11.7. The van der Waals surface area contributed by atoms with Crippen LogP contribution in [0.25, 0.3) is 0 Å². The Morgan fingerprint density at radius 3 is 2.44 bits per heavy atom. The third kappa shape index (κ3) is 4.58. The summed E-state index contributed by atoms with van der Waals surface area (Å²) in [6.07, 6.45) is 0.956. The van der Waals surface area contributed by atoms with Crippen molar-refractivity contribution in [2.24, 2.45) is 5.10 Å². The fourth-order valence-corrected chi connectivity index (χ4v) is 1.96. The Morgan fingerprint density at radius 1 is 1.16 bits per heavy atom. The minimum atomic E-state index is -0.951. The Labute approximate surface area is 140 Å². The summed E-state index contributed by atoms with van der Waals surface area (Å²) in [5.74, 6) is -1.24. The molecule has 0 spiro atoms. The highest BCUT2D eigenvalue weighted by atomic mass is 16.6. The van der Waals surface area contributed by atoms with Crippen LogP contribution >= 0.6 is 0 Å². The molecule has 2 rings (SSSR count). The number of rotatable bonds is 6. The molecule has 0 aliphatic carbocycles. The topological polar surface area (TPSA) is 148 Å². The predicted octanol–water partition coefficient (Wildman–Crippen LogP) is 1.90. The number of hydrogen-bond donors (Lipinski definition) is 2. The van der Waals surface area contributed by atoms with E-state index in [9.17, 15) is 30.1 Å². The second-order valence-corrected chi connectivity index (χ2v) is 4.87. The van der Waals surface area contributed by atoms with Crippen LogP contribution in [0.5, 0.6) is 5.75 Å². The molecule has 2 aromatic carbocycles. The zero-order valence-electron chi connectivity index (χ0n) is 12.7. The summed E-state index contributed by atoms with van der Waals surface area (Å²) in [6.45, 7) is 0. The SMILES string of the molecule is O=C(Cc1ccccc1)NN=Cc1cc([N+](=O)[O-])cc([N+](=O)[O-])c1O. The normalized spacial score (nSPS) is 10.6. The molecule has 0 aromatic heterocycles. The molecule has 0 saturated carbocycles. The van der Waals surface area contributed by atoms with Gasteiger partial charge in [-0.05, 0) is 5.56 Å². The van der Waals surface area contributed by atoms with Gasteiger partial charge in [-0.2, -0.15) is 5.10 Å². The lowest BCUT2D eigenvalue weighted by Crippen LogP contribution is -2.19. The first-order chi connectivity index (χ1) is 11.9. The number of aromatic hydroxyl groups is 1. The van der Waals surface area contributed by atoms with E-state index in [1.54, 1.807) is 30.3 Å². The number of nitro benzene ring substituents is 2. The predicted molar refractivity (Wildman–Crippen MR) is 87.3 cm³/mol. The number of nitro groups is 2. The maximum atomic E-state index is 11.7. The smallest absolute Gasteiger partial charge is 0.318 e. The average Bonchev–Trinajstić information content (AvgIpc) is 2.56. The monoisotopic (exact) mass is 344 g/mol. The van der Waals surface area contributed by atoms with Crippen molar-refractivity contribution in [2.75, 3.05) is 0 Å². The molecule has 10 nitrogen and oxygen atoms in total. The molecule has 2 aromatic rings. The van der Waals surface area contributed by atoms with Gasteiger partial charge in [-0.3, -0.25) is 25.0 Å². The van der Waals surface area contributed by atoms with Gasteiger partial charge >= 0.3 is 5.69 Å². The summed E-state index contributed by atoms with van der Waals surface area (Å²) in [4.78, 5) is 31.6. The van der Waals surface area contributed by atoms with Crippen LogP contribution in [0, 0.1) is 20.2 Å². The molecule has 1 amide bonds. The summed E-state index contributed by atoms with van der Waals surface area (Å²) in [5, 5.41) is 35.0. The van der Waals surface area contributed by atoms with Crippen LogP contribution in [0.3, 0.4) is 0 Å². The lowest BCUT2D eigenvalue weighted by molar-refractivity contribution is -0.394. The van der Waals surface area contributed by atoms with Gasteiger partial charge in [-0.25, -0.2) is 5.43 Å². The maximum Gasteiger partial charge on any atom is 0.318 e. The van der Waals surface area contributed by atoms with Gasteiger partial charge in [0.15, 0.2) is 0 Å². The van der Waals surface area contributed by atoms with Gasteiger partial charge in [-0.15, -0.1) is 0 Å². The molecule has 0 atom stereocenters. The highest BCUT2D eigenvalue weighted by Crippen LogP contribution is 2.33.